The van der Waals surface area contributed by atoms with Crippen molar-refractivity contribution in [2.24, 2.45) is 0 Å². The van der Waals surface area contributed by atoms with Crippen molar-refractivity contribution in [3.8, 4) is 0 Å². The van der Waals surface area contributed by atoms with Gasteiger partial charge in [0.05, 0.1) is 6.54 Å². The highest BCUT2D eigenvalue weighted by molar-refractivity contribution is 5.31. The van der Waals surface area contributed by atoms with Crippen LogP contribution in [0.3, 0.4) is 0 Å². The van der Waals surface area contributed by atoms with Crippen LogP contribution in [-0.4, -0.2) is 31.4 Å². The van der Waals surface area contributed by atoms with Gasteiger partial charge in [0.25, 0.3) is 0 Å². The first kappa shape index (κ1) is 10.2. The van der Waals surface area contributed by atoms with E-state index in [2.05, 4.69) is 20.4 Å². The Morgan fingerprint density at radius 1 is 1.41 bits per heavy atom. The lowest BCUT2D eigenvalue weighted by Gasteiger charge is -2.23. The zero-order valence-corrected chi connectivity index (χ0v) is 9.24. The van der Waals surface area contributed by atoms with Gasteiger partial charge in [0.15, 0.2) is 5.82 Å². The molecule has 0 aliphatic carbocycles. The molecular weight excluding hydrogens is 218 g/mol. The van der Waals surface area contributed by atoms with E-state index in [1.807, 2.05) is 12.1 Å². The summed E-state index contributed by atoms with van der Waals surface area (Å²) < 4.78 is 1.81. The molecule has 0 amide bonds. The lowest BCUT2D eigenvalue weighted by molar-refractivity contribution is 0.270. The molecule has 6 heteroatoms. The SMILES string of the molecule is OCc1nc2n(n1)CC(c1ccncc1)CN2. The molecule has 2 N–H and O–H groups in total. The second-order valence-electron chi connectivity index (χ2n) is 4.05. The molecule has 3 heterocycles. The number of nitrogens with zero attached hydrogens (tertiary/aromatic N) is 4. The molecule has 0 radical (unpaired) electrons. The van der Waals surface area contributed by atoms with Crippen molar-refractivity contribution < 1.29 is 5.11 Å². The second-order valence-corrected chi connectivity index (χ2v) is 4.05. The van der Waals surface area contributed by atoms with Crippen LogP contribution in [0.25, 0.3) is 0 Å². The number of aliphatic hydroxyl groups is 1. The molecule has 2 aromatic heterocycles. The summed E-state index contributed by atoms with van der Waals surface area (Å²) in [6.45, 7) is 1.48. The molecule has 0 aromatic carbocycles. The van der Waals surface area contributed by atoms with Crippen molar-refractivity contribution >= 4 is 5.95 Å². The smallest absolute Gasteiger partial charge is 0.221 e. The second kappa shape index (κ2) is 4.14. The van der Waals surface area contributed by atoms with Gasteiger partial charge in [-0.15, -0.1) is 0 Å². The van der Waals surface area contributed by atoms with E-state index in [1.54, 1.807) is 17.1 Å². The van der Waals surface area contributed by atoms with Gasteiger partial charge < -0.3 is 10.4 Å². The molecule has 0 fully saturated rings. The summed E-state index contributed by atoms with van der Waals surface area (Å²) in [5, 5.41) is 16.4. The van der Waals surface area contributed by atoms with Gasteiger partial charge in [-0.05, 0) is 17.7 Å². The third-order valence-electron chi connectivity index (χ3n) is 2.93. The summed E-state index contributed by atoms with van der Waals surface area (Å²) in [5.74, 6) is 1.56. The number of rotatable bonds is 2. The molecule has 1 atom stereocenters. The summed E-state index contributed by atoms with van der Waals surface area (Å²) in [5.41, 5.74) is 1.24. The van der Waals surface area contributed by atoms with Crippen molar-refractivity contribution in [2.45, 2.75) is 19.1 Å². The molecule has 88 valence electrons. The van der Waals surface area contributed by atoms with Crippen LogP contribution in [0, 0.1) is 0 Å². The fourth-order valence-corrected chi connectivity index (χ4v) is 2.06. The maximum absolute atomic E-state index is 9.00. The Hall–Kier alpha value is -1.95. The largest absolute Gasteiger partial charge is 0.388 e. The number of fused-ring (bicyclic) bond motifs is 1. The Labute approximate surface area is 98.3 Å². The van der Waals surface area contributed by atoms with Crippen LogP contribution in [0.2, 0.25) is 0 Å². The van der Waals surface area contributed by atoms with E-state index in [0.29, 0.717) is 11.7 Å². The fourth-order valence-electron chi connectivity index (χ4n) is 2.06. The minimum absolute atomic E-state index is 0.123. The minimum Gasteiger partial charge on any atom is -0.388 e. The predicted molar refractivity (Wildman–Crippen MR) is 61.4 cm³/mol. The summed E-state index contributed by atoms with van der Waals surface area (Å²) in [6, 6.07) is 4.03. The standard InChI is InChI=1S/C11H13N5O/c17-7-10-14-11-13-5-9(6-16(11)15-10)8-1-3-12-4-2-8/h1-4,9,17H,5-7H2,(H,13,14,15). The summed E-state index contributed by atoms with van der Waals surface area (Å²) in [7, 11) is 0. The van der Waals surface area contributed by atoms with E-state index in [9.17, 15) is 0 Å². The molecule has 3 rings (SSSR count). The van der Waals surface area contributed by atoms with E-state index < -0.39 is 0 Å². The Morgan fingerprint density at radius 2 is 2.24 bits per heavy atom. The van der Waals surface area contributed by atoms with Crippen LogP contribution in [0.1, 0.15) is 17.3 Å². The lowest BCUT2D eigenvalue weighted by atomic mass is 9.99. The Bertz CT molecular complexity index is 510. The molecular formula is C11H13N5O. The van der Waals surface area contributed by atoms with Crippen molar-refractivity contribution in [2.75, 3.05) is 11.9 Å². The third kappa shape index (κ3) is 1.87. The van der Waals surface area contributed by atoms with Crippen LogP contribution in [0.4, 0.5) is 5.95 Å². The van der Waals surface area contributed by atoms with Gasteiger partial charge in [0.1, 0.15) is 6.61 Å². The van der Waals surface area contributed by atoms with E-state index >= 15 is 0 Å². The van der Waals surface area contributed by atoms with Crippen molar-refractivity contribution in [1.29, 1.82) is 0 Å². The van der Waals surface area contributed by atoms with E-state index in [1.165, 1.54) is 5.56 Å². The first-order valence-corrected chi connectivity index (χ1v) is 5.55. The number of aliphatic hydroxyl groups excluding tert-OH is 1. The number of aromatic nitrogens is 4. The Morgan fingerprint density at radius 3 is 3.00 bits per heavy atom. The Kier molecular flexibility index (Phi) is 2.49. The average molecular weight is 231 g/mol. The Balaban J connectivity index is 1.85. The first-order chi connectivity index (χ1) is 8.36. The summed E-state index contributed by atoms with van der Waals surface area (Å²) >= 11 is 0. The number of nitrogens with one attached hydrogen (secondary N) is 1. The van der Waals surface area contributed by atoms with Crippen LogP contribution in [0.15, 0.2) is 24.5 Å². The normalized spacial score (nSPS) is 18.5. The van der Waals surface area contributed by atoms with Gasteiger partial charge in [-0.25, -0.2) is 4.68 Å². The van der Waals surface area contributed by atoms with Gasteiger partial charge in [-0.2, -0.15) is 10.1 Å². The predicted octanol–water partition coefficient (Wildman–Crippen LogP) is 0.375. The number of hydrogen-bond donors (Lipinski definition) is 2. The third-order valence-corrected chi connectivity index (χ3v) is 2.93. The maximum atomic E-state index is 9.00. The van der Waals surface area contributed by atoms with Crippen LogP contribution in [-0.2, 0) is 13.2 Å². The van der Waals surface area contributed by atoms with Gasteiger partial charge in [0.2, 0.25) is 5.95 Å². The van der Waals surface area contributed by atoms with E-state index in [-0.39, 0.29) is 6.61 Å². The maximum Gasteiger partial charge on any atom is 0.221 e. The lowest BCUT2D eigenvalue weighted by Crippen LogP contribution is -2.26. The molecule has 17 heavy (non-hydrogen) atoms. The zero-order valence-electron chi connectivity index (χ0n) is 9.24. The average Bonchev–Trinajstić information content (AvgIpc) is 2.81. The topological polar surface area (TPSA) is 75.9 Å². The molecule has 1 aliphatic heterocycles. The quantitative estimate of drug-likeness (QED) is 0.781. The molecule has 1 unspecified atom stereocenters. The van der Waals surface area contributed by atoms with Gasteiger partial charge in [-0.3, -0.25) is 4.98 Å². The highest BCUT2D eigenvalue weighted by Crippen LogP contribution is 2.23. The molecule has 2 aromatic rings. The fraction of sp³-hybridized carbons (Fsp3) is 0.364. The number of anilines is 1. The van der Waals surface area contributed by atoms with Crippen molar-refractivity contribution in [1.82, 2.24) is 19.7 Å². The molecule has 0 saturated heterocycles. The summed E-state index contributed by atoms with van der Waals surface area (Å²) in [6.07, 6.45) is 3.59. The number of pyridine rings is 1. The van der Waals surface area contributed by atoms with Crippen LogP contribution in [0.5, 0.6) is 0 Å². The first-order valence-electron chi connectivity index (χ1n) is 5.55. The van der Waals surface area contributed by atoms with E-state index in [4.69, 9.17) is 5.11 Å². The van der Waals surface area contributed by atoms with Crippen molar-refractivity contribution in [3.63, 3.8) is 0 Å². The molecule has 1 aliphatic rings. The highest BCUT2D eigenvalue weighted by atomic mass is 16.3. The van der Waals surface area contributed by atoms with Gasteiger partial charge in [-0.1, -0.05) is 0 Å². The highest BCUT2D eigenvalue weighted by Gasteiger charge is 2.22. The van der Waals surface area contributed by atoms with E-state index in [0.717, 1.165) is 19.0 Å². The molecule has 6 nitrogen and oxygen atoms in total. The van der Waals surface area contributed by atoms with Crippen molar-refractivity contribution in [3.05, 3.63) is 35.9 Å². The van der Waals surface area contributed by atoms with Gasteiger partial charge in [0, 0.05) is 24.9 Å². The number of hydrogen-bond acceptors (Lipinski definition) is 5. The van der Waals surface area contributed by atoms with Crippen LogP contribution >= 0.6 is 0 Å². The molecule has 0 saturated carbocycles. The van der Waals surface area contributed by atoms with Crippen LogP contribution < -0.4 is 5.32 Å². The minimum atomic E-state index is -0.123. The molecule has 0 bridgehead atoms. The summed E-state index contributed by atoms with van der Waals surface area (Å²) in [4.78, 5) is 8.19. The monoisotopic (exact) mass is 231 g/mol. The molecule has 0 spiro atoms. The van der Waals surface area contributed by atoms with Gasteiger partial charge >= 0.3 is 0 Å². The zero-order chi connectivity index (χ0) is 11.7.